The number of rotatable bonds is 5. The highest BCUT2D eigenvalue weighted by atomic mass is 16.3. The molecule has 2 N–H and O–H groups in total. The Kier molecular flexibility index (Phi) is 6.97. The van der Waals surface area contributed by atoms with Crippen LogP contribution in [0.4, 0.5) is 0 Å². The summed E-state index contributed by atoms with van der Waals surface area (Å²) in [4.78, 5) is 10.4. The molecule has 0 spiro atoms. The molecule has 0 saturated carbocycles. The summed E-state index contributed by atoms with van der Waals surface area (Å²) in [6.07, 6.45) is 0. The molecule has 260 valence electrons. The molecular weight excluding hydrogens is 679 g/mol. The van der Waals surface area contributed by atoms with Gasteiger partial charge in [0.1, 0.15) is 39.3 Å². The number of para-hydroxylation sites is 4. The molecule has 11 rings (SSSR count). The molecule has 6 heteroatoms. The summed E-state index contributed by atoms with van der Waals surface area (Å²) in [7, 11) is 0. The summed E-state index contributed by atoms with van der Waals surface area (Å²) >= 11 is 0. The standard InChI is InChI=1S/C49H31N3O3/c50-48(39-18-10-22-43-46(39)38-15-5-8-21-42(38)53-43)52-49(31-24-23-29-11-1-2-12-30(29)25-31)51-28-33-26-32(27-44-45(33)37-14-4-7-20-41(37)54-44)34-16-9-17-36-35-13-3-6-19-40(35)55-47(34)36/h1-27H,28H2,(H2,50,51,52). The van der Waals surface area contributed by atoms with Gasteiger partial charge in [-0.25, -0.2) is 4.99 Å². The van der Waals surface area contributed by atoms with Crippen molar-refractivity contribution in [1.29, 1.82) is 0 Å². The lowest BCUT2D eigenvalue weighted by Crippen LogP contribution is -2.17. The molecule has 3 heterocycles. The van der Waals surface area contributed by atoms with E-state index in [1.54, 1.807) is 0 Å². The largest absolute Gasteiger partial charge is 0.456 e. The molecule has 6 nitrogen and oxygen atoms in total. The Balaban J connectivity index is 1.11. The predicted octanol–water partition coefficient (Wildman–Crippen LogP) is 12.6. The van der Waals surface area contributed by atoms with Gasteiger partial charge < -0.3 is 19.0 Å². The van der Waals surface area contributed by atoms with E-state index in [4.69, 9.17) is 29.0 Å². The SMILES string of the molecule is NC(=NC(=NCc1cc(-c2cccc3c2oc2ccccc23)cc2oc3ccccc3c12)c1ccc2ccccc2c1)c1cccc2oc3ccccc3c12. The van der Waals surface area contributed by atoms with Gasteiger partial charge >= 0.3 is 0 Å². The fourth-order valence-corrected chi connectivity index (χ4v) is 8.04. The molecule has 0 aliphatic heterocycles. The third-order valence-electron chi connectivity index (χ3n) is 10.6. The Bertz CT molecular complexity index is 3380. The maximum Gasteiger partial charge on any atom is 0.157 e. The zero-order chi connectivity index (χ0) is 36.5. The number of furan rings is 3. The first-order valence-corrected chi connectivity index (χ1v) is 18.3. The van der Waals surface area contributed by atoms with Crippen LogP contribution in [0.25, 0.3) is 87.7 Å². The second-order valence-corrected chi connectivity index (χ2v) is 13.9. The number of fused-ring (bicyclic) bond motifs is 10. The number of aliphatic imine (C=N–C) groups is 2. The average molecular weight is 710 g/mol. The maximum atomic E-state index is 6.97. The van der Waals surface area contributed by atoms with Gasteiger partial charge in [-0.15, -0.1) is 0 Å². The van der Waals surface area contributed by atoms with E-state index < -0.39 is 0 Å². The van der Waals surface area contributed by atoms with E-state index in [0.717, 1.165) is 104 Å². The van der Waals surface area contributed by atoms with Gasteiger partial charge in [-0.05, 0) is 64.4 Å². The Morgan fingerprint density at radius 3 is 1.95 bits per heavy atom. The summed E-state index contributed by atoms with van der Waals surface area (Å²) in [5, 5.41) is 8.35. The van der Waals surface area contributed by atoms with Gasteiger partial charge in [-0.2, -0.15) is 0 Å². The maximum absolute atomic E-state index is 6.97. The Labute approximate surface area is 314 Å². The number of amidine groups is 2. The van der Waals surface area contributed by atoms with Crippen LogP contribution in [0, 0.1) is 0 Å². The number of hydrogen-bond donors (Lipinski definition) is 1. The van der Waals surface area contributed by atoms with Crippen molar-refractivity contribution in [3.05, 3.63) is 180 Å². The summed E-state index contributed by atoms with van der Waals surface area (Å²) in [6, 6.07) is 55.4. The minimum absolute atomic E-state index is 0.321. The number of benzene rings is 8. The van der Waals surface area contributed by atoms with Crippen molar-refractivity contribution >= 4 is 88.3 Å². The van der Waals surface area contributed by atoms with E-state index in [9.17, 15) is 0 Å². The van der Waals surface area contributed by atoms with Crippen molar-refractivity contribution in [3.8, 4) is 11.1 Å². The van der Waals surface area contributed by atoms with Gasteiger partial charge in [0.2, 0.25) is 0 Å². The molecule has 0 saturated heterocycles. The van der Waals surface area contributed by atoms with Crippen molar-refractivity contribution in [2.75, 3.05) is 0 Å². The molecule has 8 aromatic carbocycles. The van der Waals surface area contributed by atoms with E-state index in [2.05, 4.69) is 78.9 Å². The van der Waals surface area contributed by atoms with Crippen LogP contribution in [0.15, 0.2) is 187 Å². The van der Waals surface area contributed by atoms with Crippen LogP contribution in [0.5, 0.6) is 0 Å². The van der Waals surface area contributed by atoms with Gasteiger partial charge in [0, 0.05) is 49.0 Å². The van der Waals surface area contributed by atoms with Crippen molar-refractivity contribution in [3.63, 3.8) is 0 Å². The molecule has 3 aromatic heterocycles. The highest BCUT2D eigenvalue weighted by Crippen LogP contribution is 2.40. The monoisotopic (exact) mass is 709 g/mol. The normalized spacial score (nSPS) is 12.7. The van der Waals surface area contributed by atoms with Crippen LogP contribution in [0.1, 0.15) is 16.7 Å². The highest BCUT2D eigenvalue weighted by Gasteiger charge is 2.19. The van der Waals surface area contributed by atoms with Gasteiger partial charge in [0.05, 0.1) is 6.54 Å². The minimum Gasteiger partial charge on any atom is -0.456 e. The lowest BCUT2D eigenvalue weighted by Gasteiger charge is -2.10. The van der Waals surface area contributed by atoms with Crippen LogP contribution in [0.2, 0.25) is 0 Å². The van der Waals surface area contributed by atoms with Gasteiger partial charge in [0.25, 0.3) is 0 Å². The Morgan fingerprint density at radius 2 is 1.13 bits per heavy atom. The molecule has 0 unspecified atom stereocenters. The zero-order valence-electron chi connectivity index (χ0n) is 29.5. The highest BCUT2D eigenvalue weighted by molar-refractivity contribution is 6.21. The quantitative estimate of drug-likeness (QED) is 0.142. The van der Waals surface area contributed by atoms with E-state index in [0.29, 0.717) is 18.2 Å². The topological polar surface area (TPSA) is 90.2 Å². The summed E-state index contributed by atoms with van der Waals surface area (Å²) in [5.41, 5.74) is 16.4. The smallest absolute Gasteiger partial charge is 0.157 e. The Hall–Kier alpha value is -7.44. The fourth-order valence-electron chi connectivity index (χ4n) is 8.04. The molecule has 11 aromatic rings. The molecule has 0 aliphatic rings. The predicted molar refractivity (Wildman–Crippen MR) is 225 cm³/mol. The van der Waals surface area contributed by atoms with Gasteiger partial charge in [-0.1, -0.05) is 121 Å². The minimum atomic E-state index is 0.321. The number of nitrogens with zero attached hydrogens (tertiary/aromatic N) is 2. The van der Waals surface area contributed by atoms with Crippen molar-refractivity contribution in [2.24, 2.45) is 15.7 Å². The van der Waals surface area contributed by atoms with Crippen molar-refractivity contribution < 1.29 is 13.3 Å². The Morgan fingerprint density at radius 1 is 0.491 bits per heavy atom. The molecular formula is C49H31N3O3. The van der Waals surface area contributed by atoms with Crippen LogP contribution >= 0.6 is 0 Å². The third kappa shape index (κ3) is 5.11. The molecule has 0 fully saturated rings. The third-order valence-corrected chi connectivity index (χ3v) is 10.6. The van der Waals surface area contributed by atoms with E-state index >= 15 is 0 Å². The van der Waals surface area contributed by atoms with Crippen molar-refractivity contribution in [2.45, 2.75) is 6.54 Å². The van der Waals surface area contributed by atoms with E-state index in [1.807, 2.05) is 84.9 Å². The molecule has 0 atom stereocenters. The summed E-state index contributed by atoms with van der Waals surface area (Å²) < 4.78 is 19.2. The molecule has 55 heavy (non-hydrogen) atoms. The summed E-state index contributed by atoms with van der Waals surface area (Å²) in [6.45, 7) is 0.321. The average Bonchev–Trinajstić information content (AvgIpc) is 3.93. The van der Waals surface area contributed by atoms with Crippen LogP contribution in [-0.2, 0) is 6.54 Å². The molecule has 0 amide bonds. The van der Waals surface area contributed by atoms with Crippen molar-refractivity contribution in [1.82, 2.24) is 0 Å². The van der Waals surface area contributed by atoms with E-state index in [1.165, 1.54) is 0 Å². The van der Waals surface area contributed by atoms with Gasteiger partial charge in [0.15, 0.2) is 5.84 Å². The second kappa shape index (κ2) is 12.3. The first-order chi connectivity index (χ1) is 27.2. The fraction of sp³-hybridized carbons (Fsp3) is 0.0204. The van der Waals surface area contributed by atoms with Crippen LogP contribution in [-0.4, -0.2) is 11.7 Å². The van der Waals surface area contributed by atoms with E-state index in [-0.39, 0.29) is 0 Å². The first-order valence-electron chi connectivity index (χ1n) is 18.3. The molecule has 0 radical (unpaired) electrons. The molecule has 0 bridgehead atoms. The lowest BCUT2D eigenvalue weighted by molar-refractivity contribution is 0.667. The summed E-state index contributed by atoms with van der Waals surface area (Å²) in [5.74, 6) is 0.882. The molecule has 0 aliphatic carbocycles. The second-order valence-electron chi connectivity index (χ2n) is 13.9. The van der Waals surface area contributed by atoms with Crippen LogP contribution < -0.4 is 5.73 Å². The zero-order valence-corrected chi connectivity index (χ0v) is 29.5. The first kappa shape index (κ1) is 31.1. The van der Waals surface area contributed by atoms with Crippen LogP contribution in [0.3, 0.4) is 0 Å². The lowest BCUT2D eigenvalue weighted by atomic mass is 9.97. The number of hydrogen-bond acceptors (Lipinski definition) is 4. The number of nitrogens with two attached hydrogens (primary N) is 1. The van der Waals surface area contributed by atoms with Gasteiger partial charge in [-0.3, -0.25) is 4.99 Å².